The predicted molar refractivity (Wildman–Crippen MR) is 92.1 cm³/mol. The summed E-state index contributed by atoms with van der Waals surface area (Å²) < 4.78 is 0. The Morgan fingerprint density at radius 1 is 0.609 bits per heavy atom. The zero-order chi connectivity index (χ0) is 15.8. The normalized spacial score (nSPS) is 41.3. The topological polar surface area (TPSA) is 0 Å². The van der Waals surface area contributed by atoms with Crippen LogP contribution in [0.2, 0.25) is 0 Å². The number of rotatable bonds is 0. The molecule has 0 aromatic heterocycles. The van der Waals surface area contributed by atoms with Gasteiger partial charge in [-0.1, -0.05) is 0 Å². The summed E-state index contributed by atoms with van der Waals surface area (Å²) in [6.45, 7) is 0. The monoisotopic (exact) mass is 422 g/mol. The molecule has 6 rings (SSSR count). The second-order valence-corrected chi connectivity index (χ2v) is 11.1. The van der Waals surface area contributed by atoms with E-state index < -0.39 is 20.8 Å². The van der Waals surface area contributed by atoms with E-state index in [-0.39, 0.29) is 0 Å². The summed E-state index contributed by atoms with van der Waals surface area (Å²) in [5, 5.41) is 0. The molecule has 6 aliphatic carbocycles. The maximum atomic E-state index is 4.93. The van der Waals surface area contributed by atoms with Gasteiger partial charge in [0.05, 0.1) is 0 Å². The first-order valence-corrected chi connectivity index (χ1v) is 15.1. The second-order valence-electron chi connectivity index (χ2n) is 7.36. The van der Waals surface area contributed by atoms with E-state index in [2.05, 4.69) is 38.5 Å². The average Bonchev–Trinajstić information content (AvgIpc) is 3.39. The van der Waals surface area contributed by atoms with Gasteiger partial charge in [0.25, 0.3) is 0 Å². The summed E-state index contributed by atoms with van der Waals surface area (Å²) in [6, 6.07) is 0. The van der Waals surface area contributed by atoms with Gasteiger partial charge < -0.3 is 0 Å². The molecule has 0 heterocycles. The third-order valence-corrected chi connectivity index (χ3v) is 6.39. The minimum absolute atomic E-state index is 0.826. The Hall–Kier alpha value is 1.46. The first kappa shape index (κ1) is 17.9. The van der Waals surface area contributed by atoms with Crippen LogP contribution >= 0.6 is 17.0 Å². The summed E-state index contributed by atoms with van der Waals surface area (Å²) >= 11 is -0.826. The second kappa shape index (κ2) is 8.00. The quantitative estimate of drug-likeness (QED) is 0.464. The first-order chi connectivity index (χ1) is 11.3. The Kier molecular flexibility index (Phi) is 6.21. The summed E-state index contributed by atoms with van der Waals surface area (Å²) in [7, 11) is 9.87. The molecule has 6 aliphatic rings. The zero-order valence-corrected chi connectivity index (χ0v) is 17.2. The minimum atomic E-state index is -0.826. The molecule has 0 nitrogen and oxygen atoms in total. The molecular weight excluding hydrogens is 402 g/mol. The Bertz CT molecular complexity index is 333. The van der Waals surface area contributed by atoms with Crippen LogP contribution in [0.15, 0.2) is 0 Å². The fourth-order valence-electron chi connectivity index (χ4n) is 5.48. The van der Waals surface area contributed by atoms with Crippen molar-refractivity contribution >= 4 is 17.0 Å². The molecule has 0 aromatic rings. The summed E-state index contributed by atoms with van der Waals surface area (Å²) in [6.07, 6.45) is 22.5. The van der Waals surface area contributed by atoms with Crippen molar-refractivity contribution in [2.75, 3.05) is 0 Å². The summed E-state index contributed by atoms with van der Waals surface area (Å²) in [5.74, 6) is 10.5. The van der Waals surface area contributed by atoms with Crippen molar-refractivity contribution in [1.29, 1.82) is 0 Å². The van der Waals surface area contributed by atoms with Crippen LogP contribution in [0.1, 0.15) is 38.5 Å². The van der Waals surface area contributed by atoms with E-state index in [1.807, 2.05) is 0 Å². The van der Waals surface area contributed by atoms with E-state index in [1.54, 1.807) is 23.7 Å². The first-order valence-electron chi connectivity index (χ1n) is 8.79. The Morgan fingerprint density at radius 2 is 0.870 bits per heavy atom. The standard InChI is InChI=1S/2C10H11.2ClH.Zr/c2*1-2-9-7-4-5-8(6-7)10(9)3-1;;;/h2*1-3,7-8H,4-6H2;2*1H;/q;;;;+2/p-2. The fourth-order valence-corrected chi connectivity index (χ4v) is 5.48. The predicted octanol–water partition coefficient (Wildman–Crippen LogP) is 5.76. The van der Waals surface area contributed by atoms with Gasteiger partial charge in [0.2, 0.25) is 0 Å². The number of halogens is 2. The summed E-state index contributed by atoms with van der Waals surface area (Å²) in [5.41, 5.74) is 0. The number of fused-ring (bicyclic) bond motifs is 10. The molecule has 6 fully saturated rings. The van der Waals surface area contributed by atoms with Gasteiger partial charge in [0.15, 0.2) is 0 Å². The van der Waals surface area contributed by atoms with Crippen molar-refractivity contribution in [2.45, 2.75) is 38.5 Å². The van der Waals surface area contributed by atoms with E-state index in [0.717, 1.165) is 23.7 Å². The molecule has 0 aromatic carbocycles. The Morgan fingerprint density at radius 3 is 1.13 bits per heavy atom. The van der Waals surface area contributed by atoms with Crippen LogP contribution in [0.25, 0.3) is 0 Å². The van der Waals surface area contributed by atoms with Crippen LogP contribution in [0.4, 0.5) is 0 Å². The molecule has 4 bridgehead atoms. The van der Waals surface area contributed by atoms with Gasteiger partial charge in [-0.3, -0.25) is 0 Å². The van der Waals surface area contributed by atoms with Gasteiger partial charge in [-0.25, -0.2) is 0 Å². The molecule has 0 amide bonds. The van der Waals surface area contributed by atoms with Crippen molar-refractivity contribution in [1.82, 2.24) is 0 Å². The fraction of sp³-hybridized carbons (Fsp3) is 0.500. The van der Waals surface area contributed by atoms with E-state index in [0.29, 0.717) is 0 Å². The van der Waals surface area contributed by atoms with Crippen LogP contribution in [-0.2, 0) is 20.8 Å². The Labute approximate surface area is 161 Å². The SMILES string of the molecule is [CH]1[CH][C]2[C]([CH]1)C1CCC2C1.[CH]1[CH][C]2[C]([CH]1)C1CCC2C1.[Cl][Zr][Cl]. The molecule has 120 valence electrons. The van der Waals surface area contributed by atoms with Crippen molar-refractivity contribution in [2.24, 2.45) is 23.7 Å². The van der Waals surface area contributed by atoms with Crippen molar-refractivity contribution in [3.63, 3.8) is 0 Å². The van der Waals surface area contributed by atoms with Crippen molar-refractivity contribution in [3.05, 3.63) is 62.2 Å². The molecule has 6 saturated carbocycles. The van der Waals surface area contributed by atoms with Crippen LogP contribution in [0.3, 0.4) is 0 Å². The molecular formula is C20H22Cl2Zr. The van der Waals surface area contributed by atoms with Gasteiger partial charge in [0.1, 0.15) is 0 Å². The van der Waals surface area contributed by atoms with E-state index in [4.69, 9.17) is 17.0 Å². The maximum absolute atomic E-state index is 4.93. The zero-order valence-electron chi connectivity index (χ0n) is 13.3. The van der Waals surface area contributed by atoms with Gasteiger partial charge in [0, 0.05) is 0 Å². The van der Waals surface area contributed by atoms with Crippen LogP contribution < -0.4 is 0 Å². The molecule has 10 radical (unpaired) electrons. The van der Waals surface area contributed by atoms with Crippen molar-refractivity contribution in [3.8, 4) is 0 Å². The average molecular weight is 425 g/mol. The van der Waals surface area contributed by atoms with Crippen LogP contribution in [0.5, 0.6) is 0 Å². The Balaban J connectivity index is 0.000000101. The molecule has 4 unspecified atom stereocenters. The third kappa shape index (κ3) is 3.51. The third-order valence-electron chi connectivity index (χ3n) is 6.39. The molecule has 0 aliphatic heterocycles. The molecule has 4 atom stereocenters. The van der Waals surface area contributed by atoms with E-state index >= 15 is 0 Å². The summed E-state index contributed by atoms with van der Waals surface area (Å²) in [4.78, 5) is 0. The molecule has 23 heavy (non-hydrogen) atoms. The number of hydrogen-bond donors (Lipinski definition) is 0. The van der Waals surface area contributed by atoms with E-state index in [9.17, 15) is 0 Å². The molecule has 0 saturated heterocycles. The van der Waals surface area contributed by atoms with Gasteiger partial charge in [-0.2, -0.15) is 0 Å². The van der Waals surface area contributed by atoms with Gasteiger partial charge >= 0.3 is 37.9 Å². The molecule has 3 heteroatoms. The molecule has 0 N–H and O–H groups in total. The van der Waals surface area contributed by atoms with Crippen molar-refractivity contribution < 1.29 is 20.8 Å². The van der Waals surface area contributed by atoms with Gasteiger partial charge in [-0.15, -0.1) is 0 Å². The van der Waals surface area contributed by atoms with Crippen LogP contribution in [0, 0.1) is 85.9 Å². The van der Waals surface area contributed by atoms with Gasteiger partial charge in [-0.05, 0) is 124 Å². The molecule has 0 spiro atoms. The van der Waals surface area contributed by atoms with E-state index in [1.165, 1.54) is 38.5 Å². The van der Waals surface area contributed by atoms with Crippen LogP contribution in [-0.4, -0.2) is 0 Å². The number of hydrogen-bond acceptors (Lipinski definition) is 0.